The fourth-order valence-corrected chi connectivity index (χ4v) is 5.93. The highest BCUT2D eigenvalue weighted by atomic mass is 32.2. The SMILES string of the molecule is CCC(=O)N1CCN(C(=N)c2cccc(NC(=O)Nc3ccc(S(=O)(=O)NCc4ccc(S(N)(=O)=O)cc4)cc3)c2)CC1. The molecule has 4 rings (SSSR count). The smallest absolute Gasteiger partial charge is 0.323 e. The Morgan fingerprint density at radius 2 is 1.40 bits per heavy atom. The molecule has 228 valence electrons. The lowest BCUT2D eigenvalue weighted by Gasteiger charge is -2.36. The van der Waals surface area contributed by atoms with Crippen molar-refractivity contribution in [2.75, 3.05) is 36.8 Å². The summed E-state index contributed by atoms with van der Waals surface area (Å²) in [6, 6.07) is 17.5. The average molecular weight is 628 g/mol. The minimum absolute atomic E-state index is 0.0225. The number of nitrogens with zero attached hydrogens (tertiary/aromatic N) is 2. The van der Waals surface area contributed by atoms with Crippen LogP contribution in [0.15, 0.2) is 82.6 Å². The molecule has 0 aliphatic carbocycles. The largest absolute Gasteiger partial charge is 0.353 e. The molecule has 1 aliphatic rings. The Labute approximate surface area is 250 Å². The minimum Gasteiger partial charge on any atom is -0.353 e. The number of hydrogen-bond acceptors (Lipinski definition) is 7. The summed E-state index contributed by atoms with van der Waals surface area (Å²) in [6.07, 6.45) is 0.456. The van der Waals surface area contributed by atoms with Crippen molar-refractivity contribution < 1.29 is 26.4 Å². The molecular weight excluding hydrogens is 594 g/mol. The number of nitrogens with two attached hydrogens (primary N) is 1. The van der Waals surface area contributed by atoms with E-state index in [1.54, 1.807) is 29.2 Å². The standard InChI is InChI=1S/C28H33N7O6S2/c1-2-26(36)34-14-16-35(17-15-34)27(29)21-4-3-5-23(18-21)33-28(37)32-22-8-12-25(13-9-22)43(40,41)31-19-20-6-10-24(11-7-20)42(30,38)39/h3-13,18,29,31H,2,14-17,19H2,1H3,(H2,30,38,39)(H2,32,33,37). The van der Waals surface area contributed by atoms with Crippen molar-refractivity contribution in [1.29, 1.82) is 5.41 Å². The van der Waals surface area contributed by atoms with E-state index in [2.05, 4.69) is 15.4 Å². The molecule has 0 saturated carbocycles. The van der Waals surface area contributed by atoms with E-state index >= 15 is 0 Å². The summed E-state index contributed by atoms with van der Waals surface area (Å²) in [5.41, 5.74) is 1.99. The monoisotopic (exact) mass is 627 g/mol. The zero-order valence-electron chi connectivity index (χ0n) is 23.4. The Morgan fingerprint density at radius 1 is 0.814 bits per heavy atom. The zero-order chi connectivity index (χ0) is 31.2. The molecule has 3 aromatic rings. The number of sulfonamides is 2. The van der Waals surface area contributed by atoms with E-state index < -0.39 is 26.1 Å². The summed E-state index contributed by atoms with van der Waals surface area (Å²) in [5.74, 6) is 0.405. The second-order valence-corrected chi connectivity index (χ2v) is 13.1. The van der Waals surface area contributed by atoms with Gasteiger partial charge in [0.25, 0.3) is 0 Å². The summed E-state index contributed by atoms with van der Waals surface area (Å²) in [4.78, 5) is 28.1. The number of carbonyl (C=O) groups is 2. The summed E-state index contributed by atoms with van der Waals surface area (Å²) < 4.78 is 50.6. The summed E-state index contributed by atoms with van der Waals surface area (Å²) in [5, 5.41) is 19.0. The quantitative estimate of drug-likeness (QED) is 0.177. The first kappa shape index (κ1) is 31.6. The van der Waals surface area contributed by atoms with Crippen LogP contribution in [0.4, 0.5) is 16.2 Å². The molecule has 0 atom stereocenters. The Morgan fingerprint density at radius 3 is 2.00 bits per heavy atom. The predicted octanol–water partition coefficient (Wildman–Crippen LogP) is 2.34. The van der Waals surface area contributed by atoms with Crippen molar-refractivity contribution in [3.63, 3.8) is 0 Å². The number of benzene rings is 3. The van der Waals surface area contributed by atoms with Gasteiger partial charge in [0.15, 0.2) is 0 Å². The molecule has 1 saturated heterocycles. The first-order valence-electron chi connectivity index (χ1n) is 13.4. The number of nitrogens with one attached hydrogen (secondary N) is 4. The molecule has 3 amide bonds. The maximum absolute atomic E-state index is 12.7. The second kappa shape index (κ2) is 13.3. The lowest BCUT2D eigenvalue weighted by atomic mass is 10.1. The van der Waals surface area contributed by atoms with Gasteiger partial charge in [-0.3, -0.25) is 10.2 Å². The molecule has 0 spiro atoms. The number of primary sulfonamides is 1. The van der Waals surface area contributed by atoms with Gasteiger partial charge in [0, 0.05) is 56.1 Å². The van der Waals surface area contributed by atoms with Crippen LogP contribution in [0.3, 0.4) is 0 Å². The van der Waals surface area contributed by atoms with E-state index in [4.69, 9.17) is 10.5 Å². The van der Waals surface area contributed by atoms with Crippen LogP contribution in [0.25, 0.3) is 0 Å². The summed E-state index contributed by atoms with van der Waals surface area (Å²) in [7, 11) is -7.73. The number of hydrogen-bond donors (Lipinski definition) is 5. The number of amides is 3. The number of urea groups is 1. The molecule has 43 heavy (non-hydrogen) atoms. The van der Waals surface area contributed by atoms with E-state index in [0.29, 0.717) is 60.9 Å². The van der Waals surface area contributed by atoms with Crippen LogP contribution in [0, 0.1) is 5.41 Å². The molecule has 0 aromatic heterocycles. The highest BCUT2D eigenvalue weighted by molar-refractivity contribution is 7.89. The predicted molar refractivity (Wildman–Crippen MR) is 163 cm³/mol. The molecule has 3 aromatic carbocycles. The zero-order valence-corrected chi connectivity index (χ0v) is 25.0. The number of carbonyl (C=O) groups excluding carboxylic acids is 2. The molecule has 15 heteroatoms. The molecule has 1 aliphatic heterocycles. The maximum Gasteiger partial charge on any atom is 0.323 e. The molecule has 0 unspecified atom stereocenters. The normalized spacial score (nSPS) is 13.8. The van der Waals surface area contributed by atoms with Crippen molar-refractivity contribution in [3.05, 3.63) is 83.9 Å². The molecule has 0 bridgehead atoms. The van der Waals surface area contributed by atoms with E-state index in [-0.39, 0.29) is 22.2 Å². The second-order valence-electron chi connectivity index (χ2n) is 9.77. The number of anilines is 2. The van der Waals surface area contributed by atoms with E-state index in [1.807, 2.05) is 11.8 Å². The fourth-order valence-electron chi connectivity index (χ4n) is 4.40. The van der Waals surface area contributed by atoms with E-state index in [0.717, 1.165) is 0 Å². The van der Waals surface area contributed by atoms with Gasteiger partial charge >= 0.3 is 6.03 Å². The van der Waals surface area contributed by atoms with Gasteiger partial charge in [0.1, 0.15) is 5.84 Å². The maximum atomic E-state index is 12.7. The van der Waals surface area contributed by atoms with Crippen LogP contribution in [0.5, 0.6) is 0 Å². The van der Waals surface area contributed by atoms with Gasteiger partial charge in [-0.15, -0.1) is 0 Å². The van der Waals surface area contributed by atoms with Gasteiger partial charge in [0.05, 0.1) is 9.79 Å². The van der Waals surface area contributed by atoms with Gasteiger partial charge in [0.2, 0.25) is 26.0 Å². The van der Waals surface area contributed by atoms with Crippen molar-refractivity contribution in [3.8, 4) is 0 Å². The van der Waals surface area contributed by atoms with Crippen LogP contribution >= 0.6 is 0 Å². The molecule has 1 heterocycles. The summed E-state index contributed by atoms with van der Waals surface area (Å²) in [6.45, 7) is 3.99. The Kier molecular flexibility index (Phi) is 9.80. The first-order valence-corrected chi connectivity index (χ1v) is 16.4. The van der Waals surface area contributed by atoms with Crippen molar-refractivity contribution in [2.24, 2.45) is 5.14 Å². The third-order valence-corrected chi connectivity index (χ3v) is 9.13. The van der Waals surface area contributed by atoms with Crippen LogP contribution in [-0.4, -0.2) is 70.6 Å². The topological polar surface area (TPSA) is 195 Å². The lowest BCUT2D eigenvalue weighted by Crippen LogP contribution is -2.50. The number of amidine groups is 1. The molecule has 0 radical (unpaired) electrons. The lowest BCUT2D eigenvalue weighted by molar-refractivity contribution is -0.132. The van der Waals surface area contributed by atoms with Gasteiger partial charge in [-0.1, -0.05) is 31.2 Å². The molecular formula is C28H33N7O6S2. The van der Waals surface area contributed by atoms with Gasteiger partial charge in [-0.05, 0) is 54.1 Å². The third kappa shape index (κ3) is 8.38. The minimum atomic E-state index is -3.89. The van der Waals surface area contributed by atoms with Gasteiger partial charge in [-0.2, -0.15) is 0 Å². The van der Waals surface area contributed by atoms with Crippen molar-refractivity contribution in [1.82, 2.24) is 14.5 Å². The number of rotatable bonds is 9. The molecule has 13 nitrogen and oxygen atoms in total. The fraction of sp³-hybridized carbons (Fsp3) is 0.250. The molecule has 1 fully saturated rings. The van der Waals surface area contributed by atoms with Crippen LogP contribution in [0.2, 0.25) is 0 Å². The van der Waals surface area contributed by atoms with E-state index in [1.165, 1.54) is 48.5 Å². The highest BCUT2D eigenvalue weighted by Crippen LogP contribution is 2.18. The van der Waals surface area contributed by atoms with Gasteiger partial charge < -0.3 is 20.4 Å². The average Bonchev–Trinajstić information content (AvgIpc) is 2.99. The highest BCUT2D eigenvalue weighted by Gasteiger charge is 2.22. The van der Waals surface area contributed by atoms with Crippen LogP contribution < -0.4 is 20.5 Å². The van der Waals surface area contributed by atoms with Gasteiger partial charge in [-0.25, -0.2) is 31.5 Å². The third-order valence-electron chi connectivity index (χ3n) is 6.79. The molecule has 6 N–H and O–H groups in total. The Hall–Kier alpha value is -4.31. The summed E-state index contributed by atoms with van der Waals surface area (Å²) >= 11 is 0. The Balaban J connectivity index is 1.30. The van der Waals surface area contributed by atoms with Crippen molar-refractivity contribution >= 4 is 49.2 Å². The van der Waals surface area contributed by atoms with Crippen LogP contribution in [0.1, 0.15) is 24.5 Å². The first-order chi connectivity index (χ1) is 20.4. The Bertz CT molecular complexity index is 1700. The number of piperazine rings is 1. The van der Waals surface area contributed by atoms with Crippen LogP contribution in [-0.2, 0) is 31.4 Å². The van der Waals surface area contributed by atoms with Crippen molar-refractivity contribution in [2.45, 2.75) is 29.7 Å². The van der Waals surface area contributed by atoms with E-state index in [9.17, 15) is 26.4 Å².